The third kappa shape index (κ3) is 4.48. The molecule has 0 bridgehead atoms. The Labute approximate surface area is 104 Å². The predicted octanol–water partition coefficient (Wildman–Crippen LogP) is 1.87. The van der Waals surface area contributed by atoms with Gasteiger partial charge in [0.05, 0.1) is 6.04 Å². The van der Waals surface area contributed by atoms with E-state index in [0.717, 1.165) is 25.2 Å². The van der Waals surface area contributed by atoms with Gasteiger partial charge in [0.25, 0.3) is 0 Å². The largest absolute Gasteiger partial charge is 0.396 e. The van der Waals surface area contributed by atoms with Crippen molar-refractivity contribution in [2.75, 3.05) is 13.2 Å². The molecule has 0 aromatic carbocycles. The minimum atomic E-state index is 0.210. The van der Waals surface area contributed by atoms with Crippen molar-refractivity contribution in [3.63, 3.8) is 0 Å². The van der Waals surface area contributed by atoms with Crippen molar-refractivity contribution in [3.8, 4) is 0 Å². The summed E-state index contributed by atoms with van der Waals surface area (Å²) in [5, 5.41) is 12.4. The zero-order valence-electron chi connectivity index (χ0n) is 11.4. The molecule has 1 aromatic heterocycles. The second kappa shape index (κ2) is 6.17. The van der Waals surface area contributed by atoms with E-state index >= 15 is 0 Å². The van der Waals surface area contributed by atoms with Crippen LogP contribution in [0.1, 0.15) is 45.5 Å². The molecule has 4 nitrogen and oxygen atoms in total. The molecular weight excluding hydrogens is 214 g/mol. The molecule has 0 saturated carbocycles. The summed E-state index contributed by atoms with van der Waals surface area (Å²) in [6.45, 7) is 7.78. The number of hydrogen-bond acceptors (Lipinski definition) is 3. The molecule has 0 radical (unpaired) electrons. The minimum absolute atomic E-state index is 0.210. The van der Waals surface area contributed by atoms with Gasteiger partial charge in [-0.1, -0.05) is 13.8 Å². The van der Waals surface area contributed by atoms with Gasteiger partial charge in [-0.05, 0) is 25.2 Å². The second-order valence-electron chi connectivity index (χ2n) is 5.49. The van der Waals surface area contributed by atoms with Crippen molar-refractivity contribution < 1.29 is 5.11 Å². The summed E-state index contributed by atoms with van der Waals surface area (Å²) in [4.78, 5) is 4.34. The molecule has 1 unspecified atom stereocenters. The maximum atomic E-state index is 8.86. The predicted molar refractivity (Wildman–Crippen MR) is 69.7 cm³/mol. The van der Waals surface area contributed by atoms with Crippen molar-refractivity contribution in [2.24, 2.45) is 12.5 Å². The Morgan fingerprint density at radius 1 is 1.53 bits per heavy atom. The van der Waals surface area contributed by atoms with Crippen LogP contribution in [0.25, 0.3) is 0 Å². The lowest BCUT2D eigenvalue weighted by atomic mass is 9.87. The highest BCUT2D eigenvalue weighted by molar-refractivity contribution is 4.97. The molecule has 0 saturated heterocycles. The Hall–Kier alpha value is -0.870. The highest BCUT2D eigenvalue weighted by Gasteiger charge is 2.19. The number of nitrogens with zero attached hydrogens (tertiary/aromatic N) is 2. The van der Waals surface area contributed by atoms with Crippen molar-refractivity contribution in [1.82, 2.24) is 14.9 Å². The maximum absolute atomic E-state index is 8.86. The molecule has 0 aliphatic heterocycles. The summed E-state index contributed by atoms with van der Waals surface area (Å²) in [5.74, 6) is 1.06. The van der Waals surface area contributed by atoms with E-state index in [-0.39, 0.29) is 18.1 Å². The van der Waals surface area contributed by atoms with Crippen LogP contribution in [-0.4, -0.2) is 27.8 Å². The summed E-state index contributed by atoms with van der Waals surface area (Å²) in [6, 6.07) is 0.253. The summed E-state index contributed by atoms with van der Waals surface area (Å²) in [5.41, 5.74) is 0.210. The minimum Gasteiger partial charge on any atom is -0.396 e. The molecule has 98 valence electrons. The Morgan fingerprint density at radius 3 is 2.76 bits per heavy atom. The molecule has 0 aliphatic rings. The van der Waals surface area contributed by atoms with E-state index in [4.69, 9.17) is 5.11 Å². The third-order valence-corrected chi connectivity index (χ3v) is 3.14. The summed E-state index contributed by atoms with van der Waals surface area (Å²) in [7, 11) is 2.01. The molecule has 4 heteroatoms. The maximum Gasteiger partial charge on any atom is 0.125 e. The van der Waals surface area contributed by atoms with Crippen LogP contribution in [-0.2, 0) is 7.05 Å². The first-order valence-electron chi connectivity index (χ1n) is 6.28. The molecule has 1 rings (SSSR count). The molecule has 1 atom stereocenters. The van der Waals surface area contributed by atoms with E-state index < -0.39 is 0 Å². The van der Waals surface area contributed by atoms with E-state index in [9.17, 15) is 0 Å². The number of rotatable bonds is 7. The van der Waals surface area contributed by atoms with E-state index in [0.29, 0.717) is 0 Å². The number of aliphatic hydroxyl groups excluding tert-OH is 1. The SMILES string of the molecule is CC(NCC(C)(C)CCCO)c1nccn1C. The monoisotopic (exact) mass is 239 g/mol. The first-order valence-corrected chi connectivity index (χ1v) is 6.28. The molecule has 0 spiro atoms. The normalized spacial score (nSPS) is 13.9. The lowest BCUT2D eigenvalue weighted by Gasteiger charge is -2.27. The number of imidazole rings is 1. The van der Waals surface area contributed by atoms with E-state index in [2.05, 4.69) is 31.1 Å². The van der Waals surface area contributed by atoms with Crippen molar-refractivity contribution in [3.05, 3.63) is 18.2 Å². The number of aryl methyl sites for hydroxylation is 1. The summed E-state index contributed by atoms with van der Waals surface area (Å²) in [6.07, 6.45) is 5.68. The average molecular weight is 239 g/mol. The van der Waals surface area contributed by atoms with Gasteiger partial charge >= 0.3 is 0 Å². The van der Waals surface area contributed by atoms with Crippen molar-refractivity contribution in [1.29, 1.82) is 0 Å². The van der Waals surface area contributed by atoms with Crippen molar-refractivity contribution in [2.45, 2.75) is 39.7 Å². The van der Waals surface area contributed by atoms with Gasteiger partial charge in [0.2, 0.25) is 0 Å². The molecule has 0 aliphatic carbocycles. The molecule has 17 heavy (non-hydrogen) atoms. The fourth-order valence-electron chi connectivity index (χ4n) is 1.96. The zero-order chi connectivity index (χ0) is 12.9. The first-order chi connectivity index (χ1) is 7.96. The highest BCUT2D eigenvalue weighted by atomic mass is 16.2. The van der Waals surface area contributed by atoms with Crippen LogP contribution in [0.2, 0.25) is 0 Å². The first kappa shape index (κ1) is 14.2. The smallest absolute Gasteiger partial charge is 0.125 e. The van der Waals surface area contributed by atoms with E-state index in [1.807, 2.05) is 24.0 Å². The van der Waals surface area contributed by atoms with Crippen molar-refractivity contribution >= 4 is 0 Å². The Kier molecular flexibility index (Phi) is 5.15. The van der Waals surface area contributed by atoms with Gasteiger partial charge in [-0.3, -0.25) is 0 Å². The van der Waals surface area contributed by atoms with Gasteiger partial charge in [0, 0.05) is 32.6 Å². The molecule has 0 fully saturated rings. The van der Waals surface area contributed by atoms with Gasteiger partial charge in [0.15, 0.2) is 0 Å². The number of aromatic nitrogens is 2. The fraction of sp³-hybridized carbons (Fsp3) is 0.769. The summed E-state index contributed by atoms with van der Waals surface area (Å²) >= 11 is 0. The fourth-order valence-corrected chi connectivity index (χ4v) is 1.96. The van der Waals surface area contributed by atoms with E-state index in [1.165, 1.54) is 0 Å². The highest BCUT2D eigenvalue weighted by Crippen LogP contribution is 2.22. The van der Waals surface area contributed by atoms with Gasteiger partial charge in [-0.15, -0.1) is 0 Å². The molecule has 1 aromatic rings. The lowest BCUT2D eigenvalue weighted by molar-refractivity contribution is 0.232. The Morgan fingerprint density at radius 2 is 2.24 bits per heavy atom. The van der Waals surface area contributed by atoms with Crippen LogP contribution in [0.4, 0.5) is 0 Å². The van der Waals surface area contributed by atoms with Crippen LogP contribution in [0.15, 0.2) is 12.4 Å². The van der Waals surface area contributed by atoms with Crippen LogP contribution < -0.4 is 5.32 Å². The standard InChI is InChI=1S/C13H25N3O/c1-11(12-14-7-8-16(12)4)15-10-13(2,3)6-5-9-17/h7-8,11,15,17H,5-6,9-10H2,1-4H3. The molecule has 2 N–H and O–H groups in total. The number of nitrogens with one attached hydrogen (secondary N) is 1. The van der Waals surface area contributed by atoms with Gasteiger partial charge < -0.3 is 15.0 Å². The quantitative estimate of drug-likeness (QED) is 0.763. The van der Waals surface area contributed by atoms with Crippen LogP contribution in [0.5, 0.6) is 0 Å². The number of hydrogen-bond donors (Lipinski definition) is 2. The van der Waals surface area contributed by atoms with E-state index in [1.54, 1.807) is 0 Å². The molecular formula is C13H25N3O. The van der Waals surface area contributed by atoms with Crippen LogP contribution >= 0.6 is 0 Å². The van der Waals surface area contributed by atoms with Crippen LogP contribution in [0, 0.1) is 5.41 Å². The summed E-state index contributed by atoms with van der Waals surface area (Å²) < 4.78 is 2.04. The molecule has 1 heterocycles. The lowest BCUT2D eigenvalue weighted by Crippen LogP contribution is -2.32. The number of aliphatic hydroxyl groups is 1. The van der Waals surface area contributed by atoms with Gasteiger partial charge in [0.1, 0.15) is 5.82 Å². The average Bonchev–Trinajstić information content (AvgIpc) is 2.70. The second-order valence-corrected chi connectivity index (χ2v) is 5.49. The topological polar surface area (TPSA) is 50.1 Å². The third-order valence-electron chi connectivity index (χ3n) is 3.14. The van der Waals surface area contributed by atoms with Gasteiger partial charge in [-0.25, -0.2) is 4.98 Å². The van der Waals surface area contributed by atoms with Crippen LogP contribution in [0.3, 0.4) is 0 Å². The zero-order valence-corrected chi connectivity index (χ0v) is 11.4. The Balaban J connectivity index is 2.42. The van der Waals surface area contributed by atoms with Gasteiger partial charge in [-0.2, -0.15) is 0 Å². The molecule has 0 amide bonds. The Bertz CT molecular complexity index is 333.